The minimum absolute atomic E-state index is 0.102. The van der Waals surface area contributed by atoms with E-state index in [1.807, 2.05) is 73.7 Å². The van der Waals surface area contributed by atoms with Crippen molar-refractivity contribution in [2.24, 2.45) is 11.7 Å². The Labute approximate surface area is 226 Å². The van der Waals surface area contributed by atoms with Crippen LogP contribution in [0.3, 0.4) is 0 Å². The van der Waals surface area contributed by atoms with E-state index in [-0.39, 0.29) is 30.1 Å². The first-order valence-corrected chi connectivity index (χ1v) is 13.4. The first-order chi connectivity index (χ1) is 18.8. The Hall–Kier alpha value is -4.40. The van der Waals surface area contributed by atoms with E-state index in [9.17, 15) is 14.4 Å². The van der Waals surface area contributed by atoms with Gasteiger partial charge in [0.2, 0.25) is 5.91 Å². The number of amidine groups is 1. The number of allylic oxidation sites excluding steroid dienone is 2. The zero-order valence-electron chi connectivity index (χ0n) is 22.0. The van der Waals surface area contributed by atoms with Crippen LogP contribution < -0.4 is 22.4 Å². The zero-order chi connectivity index (χ0) is 27.5. The average Bonchev–Trinajstić information content (AvgIpc) is 3.19. The van der Waals surface area contributed by atoms with Gasteiger partial charge in [0.25, 0.3) is 0 Å². The predicted octanol–water partition coefficient (Wildman–Crippen LogP) is 3.23. The van der Waals surface area contributed by atoms with Gasteiger partial charge in [-0.05, 0) is 48.8 Å². The molecule has 5 rings (SSSR count). The van der Waals surface area contributed by atoms with E-state index in [1.165, 1.54) is 13.9 Å². The molecule has 39 heavy (non-hydrogen) atoms. The number of aromatic nitrogens is 3. The smallest absolute Gasteiger partial charge is 0.351 e. The molecule has 2 aromatic carbocycles. The summed E-state index contributed by atoms with van der Waals surface area (Å²) in [6, 6.07) is 18.8. The van der Waals surface area contributed by atoms with Gasteiger partial charge in [-0.2, -0.15) is 0 Å². The fraction of sp³-hybridized carbons (Fsp3) is 0.333. The lowest BCUT2D eigenvalue weighted by Gasteiger charge is -2.26. The number of nitrogens with one attached hydrogen (secondary N) is 2. The van der Waals surface area contributed by atoms with Gasteiger partial charge in [0.15, 0.2) is 0 Å². The Kier molecular flexibility index (Phi) is 7.49. The predicted molar refractivity (Wildman–Crippen MR) is 152 cm³/mol. The number of hydrogen-bond donors (Lipinski definition) is 3. The quantitative estimate of drug-likeness (QED) is 0.308. The maximum Gasteiger partial charge on any atom is 0.351 e. The third kappa shape index (κ3) is 5.43. The van der Waals surface area contributed by atoms with Crippen molar-refractivity contribution < 1.29 is 4.79 Å². The summed E-state index contributed by atoms with van der Waals surface area (Å²) in [6.45, 7) is 2.49. The number of nitrogens with two attached hydrogens (primary N) is 1. The Bertz CT molecular complexity index is 1510. The molecule has 1 aliphatic heterocycles. The molecule has 0 saturated carbocycles. The Morgan fingerprint density at radius 3 is 2.26 bits per heavy atom. The average molecular weight is 527 g/mol. The van der Waals surface area contributed by atoms with E-state index in [2.05, 4.69) is 5.32 Å². The molecule has 0 radical (unpaired) electrons. The molecule has 2 atom stereocenters. The molecule has 0 spiro atoms. The van der Waals surface area contributed by atoms with Crippen LogP contribution in [0.5, 0.6) is 0 Å². The third-order valence-electron chi connectivity index (χ3n) is 7.74. The van der Waals surface area contributed by atoms with Crippen molar-refractivity contribution in [2.45, 2.75) is 51.1 Å². The first kappa shape index (κ1) is 26.2. The summed E-state index contributed by atoms with van der Waals surface area (Å²) < 4.78 is 3.84. The summed E-state index contributed by atoms with van der Waals surface area (Å²) in [5, 5.41) is 10.6. The van der Waals surface area contributed by atoms with Gasteiger partial charge in [-0.3, -0.25) is 10.2 Å². The topological polar surface area (TPSA) is 128 Å². The molecular weight excluding hydrogens is 492 g/mol. The molecule has 1 aliphatic carbocycles. The van der Waals surface area contributed by atoms with Gasteiger partial charge in [-0.1, -0.05) is 72.3 Å². The minimum atomic E-state index is -0.810. The number of fused-ring (bicyclic) bond motifs is 1. The van der Waals surface area contributed by atoms with E-state index in [0.29, 0.717) is 19.4 Å². The highest BCUT2D eigenvalue weighted by atomic mass is 16.2. The van der Waals surface area contributed by atoms with Crippen LogP contribution in [0.1, 0.15) is 55.7 Å². The minimum Gasteiger partial charge on any atom is -0.384 e. The van der Waals surface area contributed by atoms with Crippen molar-refractivity contribution in [2.75, 3.05) is 6.54 Å². The number of carbonyl (C=O) groups excluding carboxylic acids is 1. The molecule has 0 saturated heterocycles. The monoisotopic (exact) mass is 526 g/mol. The molecule has 1 aromatic heterocycles. The van der Waals surface area contributed by atoms with E-state index in [0.717, 1.165) is 35.1 Å². The number of nitrogens with zero attached hydrogens (tertiary/aromatic N) is 3. The Morgan fingerprint density at radius 1 is 1.05 bits per heavy atom. The molecule has 9 nitrogen and oxygen atoms in total. The Balaban J connectivity index is 1.41. The van der Waals surface area contributed by atoms with Crippen molar-refractivity contribution in [1.29, 1.82) is 5.41 Å². The lowest BCUT2D eigenvalue weighted by atomic mass is 9.89. The maximum absolute atomic E-state index is 13.7. The van der Waals surface area contributed by atoms with Crippen LogP contribution in [-0.4, -0.2) is 32.2 Å². The van der Waals surface area contributed by atoms with Crippen LogP contribution in [0.2, 0.25) is 0 Å². The van der Waals surface area contributed by atoms with E-state index in [1.54, 1.807) is 6.20 Å². The zero-order valence-corrected chi connectivity index (χ0v) is 22.0. The molecule has 0 fully saturated rings. The van der Waals surface area contributed by atoms with Crippen molar-refractivity contribution in [1.82, 2.24) is 19.2 Å². The molecule has 2 heterocycles. The normalized spacial score (nSPS) is 18.7. The van der Waals surface area contributed by atoms with Crippen molar-refractivity contribution in [3.05, 3.63) is 110 Å². The molecule has 0 bridgehead atoms. The van der Waals surface area contributed by atoms with E-state index >= 15 is 0 Å². The van der Waals surface area contributed by atoms with Crippen LogP contribution in [0.4, 0.5) is 0 Å². The molecule has 3 aromatic rings. The van der Waals surface area contributed by atoms with E-state index < -0.39 is 17.4 Å². The van der Waals surface area contributed by atoms with Crippen LogP contribution >= 0.6 is 0 Å². The highest BCUT2D eigenvalue weighted by molar-refractivity contribution is 5.94. The highest BCUT2D eigenvalue weighted by Gasteiger charge is 2.32. The van der Waals surface area contributed by atoms with Gasteiger partial charge < -0.3 is 11.1 Å². The van der Waals surface area contributed by atoms with Crippen LogP contribution in [-0.2, 0) is 11.3 Å². The summed E-state index contributed by atoms with van der Waals surface area (Å²) >= 11 is 0. The number of benzene rings is 2. The fourth-order valence-electron chi connectivity index (χ4n) is 5.57. The van der Waals surface area contributed by atoms with Gasteiger partial charge in [0, 0.05) is 31.6 Å². The van der Waals surface area contributed by atoms with E-state index in [4.69, 9.17) is 11.1 Å². The molecule has 9 heteroatoms. The SMILES string of the molecule is CC1=Cn2c(=O)n(CC(c3ccccc3)c3ccccc3)c(=O)n2[C@H](C(=O)NCC2CC=C(C(=N)N)CC2)C1. The lowest BCUT2D eigenvalue weighted by molar-refractivity contribution is -0.125. The van der Waals surface area contributed by atoms with Crippen molar-refractivity contribution >= 4 is 17.9 Å². The number of hydrogen-bond acceptors (Lipinski definition) is 4. The van der Waals surface area contributed by atoms with Crippen molar-refractivity contribution in [3.8, 4) is 0 Å². The molecule has 1 amide bonds. The molecular formula is C30H34N6O3. The van der Waals surface area contributed by atoms with Crippen LogP contribution in [0, 0.1) is 11.3 Å². The number of carbonyl (C=O) groups is 1. The summed E-state index contributed by atoms with van der Waals surface area (Å²) in [5.74, 6) is -0.150. The second-order valence-corrected chi connectivity index (χ2v) is 10.5. The first-order valence-electron chi connectivity index (χ1n) is 13.4. The second kappa shape index (κ2) is 11.1. The van der Waals surface area contributed by atoms with Crippen LogP contribution in [0.25, 0.3) is 6.20 Å². The van der Waals surface area contributed by atoms with Gasteiger partial charge in [0.05, 0.1) is 0 Å². The summed E-state index contributed by atoms with van der Waals surface area (Å²) in [6.07, 6.45) is 6.26. The Morgan fingerprint density at radius 2 is 1.69 bits per heavy atom. The fourth-order valence-corrected chi connectivity index (χ4v) is 5.57. The molecule has 1 unspecified atom stereocenters. The molecule has 2 aliphatic rings. The third-order valence-corrected chi connectivity index (χ3v) is 7.74. The largest absolute Gasteiger partial charge is 0.384 e. The summed E-state index contributed by atoms with van der Waals surface area (Å²) in [5.41, 5.74) is 8.35. The van der Waals surface area contributed by atoms with Gasteiger partial charge in [0.1, 0.15) is 11.9 Å². The maximum atomic E-state index is 13.7. The highest BCUT2D eigenvalue weighted by Crippen LogP contribution is 2.27. The van der Waals surface area contributed by atoms with Gasteiger partial charge in [-0.15, -0.1) is 0 Å². The number of amides is 1. The number of rotatable bonds is 8. The van der Waals surface area contributed by atoms with Crippen LogP contribution in [0.15, 0.2) is 87.5 Å². The summed E-state index contributed by atoms with van der Waals surface area (Å²) in [7, 11) is 0. The standard InChI is InChI=1S/C30H34N6O3/c1-20-16-26(28(37)33-17-21-12-14-24(15-13-21)27(31)32)36-30(39)34(29(38)35(36)18-20)19-25(22-8-4-2-5-9-22)23-10-6-3-7-11-23/h2-11,14,18,21,25-26H,12-13,15-17,19H2,1H3,(H3,31,32)(H,33,37)/t21?,26-/m0/s1. The molecule has 202 valence electrons. The second-order valence-electron chi connectivity index (χ2n) is 10.5. The van der Waals surface area contributed by atoms with Gasteiger partial charge >= 0.3 is 11.4 Å². The van der Waals surface area contributed by atoms with Gasteiger partial charge in [-0.25, -0.2) is 23.5 Å². The summed E-state index contributed by atoms with van der Waals surface area (Å²) in [4.78, 5) is 40.6. The van der Waals surface area contributed by atoms with Crippen molar-refractivity contribution in [3.63, 3.8) is 0 Å². The molecule has 4 N–H and O–H groups in total. The lowest BCUT2D eigenvalue weighted by Crippen LogP contribution is -2.43.